The summed E-state index contributed by atoms with van der Waals surface area (Å²) in [5.74, 6) is 0.417. The van der Waals surface area contributed by atoms with E-state index in [0.717, 1.165) is 17.0 Å². The average Bonchev–Trinajstić information content (AvgIpc) is 2.42. The van der Waals surface area contributed by atoms with Gasteiger partial charge in [0.05, 0.1) is 17.6 Å². The molecule has 0 N–H and O–H groups in total. The molecule has 0 aliphatic rings. The molecule has 0 saturated heterocycles. The third-order valence-corrected chi connectivity index (χ3v) is 2.22. The zero-order valence-corrected chi connectivity index (χ0v) is 10.9. The van der Waals surface area contributed by atoms with Gasteiger partial charge in [-0.25, -0.2) is 0 Å². The molecule has 3 heteroatoms. The van der Waals surface area contributed by atoms with Crippen LogP contribution in [0.1, 0.15) is 39.3 Å². The van der Waals surface area contributed by atoms with Crippen molar-refractivity contribution in [2.24, 2.45) is 0 Å². The molecule has 0 unspecified atom stereocenters. The minimum atomic E-state index is 0.417. The van der Waals surface area contributed by atoms with Crippen molar-refractivity contribution in [3.05, 3.63) is 42.6 Å². The fourth-order valence-corrected chi connectivity index (χ4v) is 1.30. The van der Waals surface area contributed by atoms with Crippen LogP contribution in [0.3, 0.4) is 0 Å². The molecule has 3 nitrogen and oxygen atoms in total. The lowest BCUT2D eigenvalue weighted by Gasteiger charge is -2.04. The molecule has 2 aromatic heterocycles. The van der Waals surface area contributed by atoms with Gasteiger partial charge in [0.1, 0.15) is 0 Å². The van der Waals surface area contributed by atoms with Gasteiger partial charge < -0.3 is 0 Å². The molecule has 0 radical (unpaired) electrons. The van der Waals surface area contributed by atoms with Crippen LogP contribution in [0.2, 0.25) is 0 Å². The predicted molar refractivity (Wildman–Crippen MR) is 70.7 cm³/mol. The second kappa shape index (κ2) is 6.74. The van der Waals surface area contributed by atoms with Crippen LogP contribution in [0.15, 0.2) is 36.9 Å². The Hall–Kier alpha value is -1.77. The van der Waals surface area contributed by atoms with Gasteiger partial charge >= 0.3 is 0 Å². The highest BCUT2D eigenvalue weighted by Crippen LogP contribution is 2.16. The first-order valence-corrected chi connectivity index (χ1v) is 5.99. The minimum Gasteiger partial charge on any atom is -0.264 e. The normalized spacial score (nSPS) is 9.71. The highest BCUT2D eigenvalue weighted by Gasteiger charge is 2.03. The molecular formula is C14H19N3. The number of aromatic nitrogens is 3. The zero-order chi connectivity index (χ0) is 12.7. The molecule has 0 fully saturated rings. The van der Waals surface area contributed by atoms with E-state index in [2.05, 4.69) is 28.8 Å². The van der Waals surface area contributed by atoms with E-state index in [9.17, 15) is 0 Å². The van der Waals surface area contributed by atoms with Crippen molar-refractivity contribution in [2.45, 2.75) is 33.6 Å². The second-order valence-electron chi connectivity index (χ2n) is 3.72. The molecule has 0 aromatic carbocycles. The van der Waals surface area contributed by atoms with Crippen molar-refractivity contribution in [1.82, 2.24) is 15.0 Å². The quantitative estimate of drug-likeness (QED) is 0.788. The van der Waals surface area contributed by atoms with E-state index in [-0.39, 0.29) is 0 Å². The number of pyridine rings is 1. The smallest absolute Gasteiger partial charge is 0.0900 e. The Morgan fingerprint density at radius 1 is 1.00 bits per heavy atom. The maximum atomic E-state index is 4.37. The van der Waals surface area contributed by atoms with E-state index in [1.165, 1.54) is 0 Å². The third kappa shape index (κ3) is 3.63. The van der Waals surface area contributed by atoms with Crippen LogP contribution in [0.4, 0.5) is 0 Å². The van der Waals surface area contributed by atoms with Crippen LogP contribution in [0.5, 0.6) is 0 Å². The SMILES string of the molecule is CC.CC(C)c1cnc(-c2cccnc2)cn1. The van der Waals surface area contributed by atoms with Gasteiger partial charge in [0.25, 0.3) is 0 Å². The largest absolute Gasteiger partial charge is 0.264 e. The van der Waals surface area contributed by atoms with Crippen LogP contribution in [-0.2, 0) is 0 Å². The van der Waals surface area contributed by atoms with Gasteiger partial charge in [-0.15, -0.1) is 0 Å². The highest BCUT2D eigenvalue weighted by molar-refractivity contribution is 5.56. The van der Waals surface area contributed by atoms with Crippen LogP contribution in [0, 0.1) is 0 Å². The van der Waals surface area contributed by atoms with Crippen molar-refractivity contribution in [3.63, 3.8) is 0 Å². The summed E-state index contributed by atoms with van der Waals surface area (Å²) in [6.07, 6.45) is 7.16. The third-order valence-electron chi connectivity index (χ3n) is 2.22. The summed E-state index contributed by atoms with van der Waals surface area (Å²) >= 11 is 0. The fraction of sp³-hybridized carbons (Fsp3) is 0.357. The number of hydrogen-bond acceptors (Lipinski definition) is 3. The fourth-order valence-electron chi connectivity index (χ4n) is 1.30. The number of rotatable bonds is 2. The van der Waals surface area contributed by atoms with E-state index in [1.54, 1.807) is 18.6 Å². The van der Waals surface area contributed by atoms with Crippen LogP contribution in [0.25, 0.3) is 11.3 Å². The van der Waals surface area contributed by atoms with E-state index in [1.807, 2.05) is 32.2 Å². The zero-order valence-electron chi connectivity index (χ0n) is 10.9. The van der Waals surface area contributed by atoms with Gasteiger partial charge in [0, 0.05) is 24.2 Å². The molecular weight excluding hydrogens is 210 g/mol. The maximum Gasteiger partial charge on any atom is 0.0900 e. The molecule has 0 atom stereocenters. The van der Waals surface area contributed by atoms with Crippen molar-refractivity contribution in [3.8, 4) is 11.3 Å². The second-order valence-corrected chi connectivity index (χ2v) is 3.72. The maximum absolute atomic E-state index is 4.37. The molecule has 17 heavy (non-hydrogen) atoms. The number of nitrogens with zero attached hydrogens (tertiary/aromatic N) is 3. The molecule has 0 aliphatic heterocycles. The molecule has 0 aliphatic carbocycles. The van der Waals surface area contributed by atoms with E-state index in [0.29, 0.717) is 5.92 Å². The number of hydrogen-bond donors (Lipinski definition) is 0. The molecule has 0 amide bonds. The summed E-state index contributed by atoms with van der Waals surface area (Å²) in [4.78, 5) is 12.8. The summed E-state index contributed by atoms with van der Waals surface area (Å²) in [6, 6.07) is 3.87. The lowest BCUT2D eigenvalue weighted by atomic mass is 10.1. The summed E-state index contributed by atoms with van der Waals surface area (Å²) < 4.78 is 0. The van der Waals surface area contributed by atoms with Gasteiger partial charge in [-0.2, -0.15) is 0 Å². The molecule has 2 aromatic rings. The Balaban J connectivity index is 0.000000686. The Morgan fingerprint density at radius 3 is 2.24 bits per heavy atom. The lowest BCUT2D eigenvalue weighted by Crippen LogP contribution is -1.94. The topological polar surface area (TPSA) is 38.7 Å². The van der Waals surface area contributed by atoms with Crippen molar-refractivity contribution >= 4 is 0 Å². The monoisotopic (exact) mass is 229 g/mol. The predicted octanol–water partition coefficient (Wildman–Crippen LogP) is 3.69. The Labute approximate surface area is 103 Å². The summed E-state index contributed by atoms with van der Waals surface area (Å²) in [5, 5.41) is 0. The molecule has 2 heterocycles. The molecule has 0 saturated carbocycles. The van der Waals surface area contributed by atoms with E-state index in [4.69, 9.17) is 0 Å². The van der Waals surface area contributed by atoms with E-state index < -0.39 is 0 Å². The molecule has 0 bridgehead atoms. The van der Waals surface area contributed by atoms with E-state index >= 15 is 0 Å². The van der Waals surface area contributed by atoms with Gasteiger partial charge in [-0.1, -0.05) is 27.7 Å². The van der Waals surface area contributed by atoms with Crippen molar-refractivity contribution in [2.75, 3.05) is 0 Å². The first-order chi connectivity index (χ1) is 8.27. The highest BCUT2D eigenvalue weighted by atomic mass is 14.8. The minimum absolute atomic E-state index is 0.417. The van der Waals surface area contributed by atoms with Crippen LogP contribution in [-0.4, -0.2) is 15.0 Å². The summed E-state index contributed by atoms with van der Waals surface area (Å²) in [6.45, 7) is 8.21. The van der Waals surface area contributed by atoms with Gasteiger partial charge in [0.15, 0.2) is 0 Å². The van der Waals surface area contributed by atoms with Crippen LogP contribution < -0.4 is 0 Å². The first kappa shape index (κ1) is 13.3. The Kier molecular flexibility index (Phi) is 5.27. The molecule has 0 spiro atoms. The standard InChI is InChI=1S/C12H13N3.C2H6/c1-9(2)11-7-15-12(8-14-11)10-4-3-5-13-6-10;1-2/h3-9H,1-2H3;1-2H3. The lowest BCUT2D eigenvalue weighted by molar-refractivity contribution is 0.813. The summed E-state index contributed by atoms with van der Waals surface area (Å²) in [5.41, 5.74) is 2.88. The summed E-state index contributed by atoms with van der Waals surface area (Å²) in [7, 11) is 0. The van der Waals surface area contributed by atoms with Gasteiger partial charge in [-0.3, -0.25) is 15.0 Å². The first-order valence-electron chi connectivity index (χ1n) is 5.99. The van der Waals surface area contributed by atoms with Gasteiger partial charge in [-0.05, 0) is 18.1 Å². The van der Waals surface area contributed by atoms with Crippen molar-refractivity contribution in [1.29, 1.82) is 0 Å². The van der Waals surface area contributed by atoms with Crippen LogP contribution >= 0.6 is 0 Å². The van der Waals surface area contributed by atoms with Crippen molar-refractivity contribution < 1.29 is 0 Å². The Bertz CT molecular complexity index is 421. The van der Waals surface area contributed by atoms with Gasteiger partial charge in [0.2, 0.25) is 0 Å². The average molecular weight is 229 g/mol. The molecule has 90 valence electrons. The Morgan fingerprint density at radius 2 is 1.76 bits per heavy atom. The molecule has 2 rings (SSSR count).